The number of aliphatic hydroxyl groups is 1. The van der Waals surface area contributed by atoms with Crippen LogP contribution in [0, 0.1) is 5.41 Å². The highest BCUT2D eigenvalue weighted by molar-refractivity contribution is 6.00. The number of allylic oxidation sites excluding steroid dienone is 2. The van der Waals surface area contributed by atoms with Gasteiger partial charge in [-0.25, -0.2) is 0 Å². The lowest BCUT2D eigenvalue weighted by molar-refractivity contribution is -0.172. The number of hydrogen-bond acceptors (Lipinski definition) is 5. The number of hydrogen-bond donors (Lipinski definition) is 1. The summed E-state index contributed by atoms with van der Waals surface area (Å²) in [4.78, 5) is 23.1. The Kier molecular flexibility index (Phi) is 5.74. The largest absolute Gasteiger partial charge is 0.468 e. The van der Waals surface area contributed by atoms with Crippen LogP contribution in [0.2, 0.25) is 0 Å². The van der Waals surface area contributed by atoms with Crippen molar-refractivity contribution >= 4 is 11.9 Å². The van der Waals surface area contributed by atoms with E-state index in [1.54, 1.807) is 6.08 Å². The van der Waals surface area contributed by atoms with Gasteiger partial charge in [-0.3, -0.25) is 9.59 Å². The highest BCUT2D eigenvalue weighted by Gasteiger charge is 2.47. The fourth-order valence-electron chi connectivity index (χ4n) is 1.21. The summed E-state index contributed by atoms with van der Waals surface area (Å²) < 4.78 is 9.07. The van der Waals surface area contributed by atoms with Gasteiger partial charge >= 0.3 is 11.9 Å². The van der Waals surface area contributed by atoms with Gasteiger partial charge in [0.25, 0.3) is 0 Å². The van der Waals surface area contributed by atoms with Crippen molar-refractivity contribution in [2.75, 3.05) is 20.8 Å². The number of carbonyl (C=O) groups is 2. The minimum Gasteiger partial charge on any atom is -0.468 e. The normalized spacial score (nSPS) is 10.6. The van der Waals surface area contributed by atoms with Crippen LogP contribution in [-0.4, -0.2) is 37.9 Å². The van der Waals surface area contributed by atoms with Gasteiger partial charge in [-0.05, 0) is 20.3 Å². The van der Waals surface area contributed by atoms with Gasteiger partial charge in [0.05, 0.1) is 20.8 Å². The molecule has 0 aromatic rings. The van der Waals surface area contributed by atoms with E-state index >= 15 is 0 Å². The lowest BCUT2D eigenvalue weighted by Crippen LogP contribution is -2.44. The summed E-state index contributed by atoms with van der Waals surface area (Å²) in [6, 6.07) is 0. The van der Waals surface area contributed by atoms with Crippen molar-refractivity contribution < 1.29 is 24.2 Å². The van der Waals surface area contributed by atoms with E-state index in [4.69, 9.17) is 0 Å². The minimum atomic E-state index is -1.65. The number of carbonyl (C=O) groups excluding carboxylic acids is 2. The Hall–Kier alpha value is -1.36. The zero-order valence-corrected chi connectivity index (χ0v) is 10.1. The second kappa shape index (κ2) is 6.27. The maximum absolute atomic E-state index is 11.6. The molecule has 5 heteroatoms. The van der Waals surface area contributed by atoms with E-state index < -0.39 is 24.0 Å². The Morgan fingerprint density at radius 3 is 1.88 bits per heavy atom. The highest BCUT2D eigenvalue weighted by atomic mass is 16.5. The van der Waals surface area contributed by atoms with E-state index in [1.165, 1.54) is 0 Å². The van der Waals surface area contributed by atoms with Crippen LogP contribution in [0.1, 0.15) is 20.3 Å². The monoisotopic (exact) mass is 230 g/mol. The van der Waals surface area contributed by atoms with Crippen molar-refractivity contribution in [1.29, 1.82) is 0 Å². The number of rotatable bonds is 5. The van der Waals surface area contributed by atoms with E-state index in [-0.39, 0.29) is 6.42 Å². The molecule has 92 valence electrons. The van der Waals surface area contributed by atoms with Crippen LogP contribution in [0.25, 0.3) is 0 Å². The smallest absolute Gasteiger partial charge is 0.325 e. The summed E-state index contributed by atoms with van der Waals surface area (Å²) >= 11 is 0. The Bertz CT molecular complexity index is 273. The molecule has 0 radical (unpaired) electrons. The van der Waals surface area contributed by atoms with Gasteiger partial charge in [-0.1, -0.05) is 11.6 Å². The molecule has 0 aliphatic rings. The molecular weight excluding hydrogens is 212 g/mol. The van der Waals surface area contributed by atoms with Gasteiger partial charge in [-0.2, -0.15) is 0 Å². The molecule has 0 unspecified atom stereocenters. The van der Waals surface area contributed by atoms with Crippen LogP contribution in [0.15, 0.2) is 11.6 Å². The molecule has 0 aliphatic carbocycles. The zero-order chi connectivity index (χ0) is 12.8. The molecule has 0 fully saturated rings. The quantitative estimate of drug-likeness (QED) is 0.427. The lowest BCUT2D eigenvalue weighted by Gasteiger charge is -2.24. The average molecular weight is 230 g/mol. The van der Waals surface area contributed by atoms with Crippen LogP contribution in [0.4, 0.5) is 0 Å². The van der Waals surface area contributed by atoms with E-state index in [0.717, 1.165) is 19.8 Å². The van der Waals surface area contributed by atoms with E-state index in [0.29, 0.717) is 0 Å². The lowest BCUT2D eigenvalue weighted by atomic mass is 9.84. The van der Waals surface area contributed by atoms with Crippen molar-refractivity contribution in [3.63, 3.8) is 0 Å². The summed E-state index contributed by atoms with van der Waals surface area (Å²) in [5.74, 6) is -1.58. The third-order valence-corrected chi connectivity index (χ3v) is 2.28. The molecule has 0 saturated heterocycles. The van der Waals surface area contributed by atoms with E-state index in [1.807, 2.05) is 13.8 Å². The first-order valence-electron chi connectivity index (χ1n) is 4.85. The van der Waals surface area contributed by atoms with Gasteiger partial charge in [0, 0.05) is 0 Å². The SMILES string of the molecule is COC(=O)C(CO)(CC=C(C)C)C(=O)OC. The first kappa shape index (κ1) is 14.6. The summed E-state index contributed by atoms with van der Waals surface area (Å²) in [6.45, 7) is 3.02. The Balaban J connectivity index is 5.20. The number of methoxy groups -OCH3 is 2. The molecule has 0 heterocycles. The van der Waals surface area contributed by atoms with Gasteiger partial charge < -0.3 is 14.6 Å². The maximum atomic E-state index is 11.6. The topological polar surface area (TPSA) is 72.8 Å². The third-order valence-electron chi connectivity index (χ3n) is 2.28. The van der Waals surface area contributed by atoms with Crippen molar-refractivity contribution in [3.8, 4) is 0 Å². The molecule has 0 amide bonds. The van der Waals surface area contributed by atoms with Crippen LogP contribution >= 0.6 is 0 Å². The number of aliphatic hydroxyl groups excluding tert-OH is 1. The van der Waals surface area contributed by atoms with Gasteiger partial charge in [0.2, 0.25) is 0 Å². The fraction of sp³-hybridized carbons (Fsp3) is 0.636. The summed E-state index contributed by atoms with van der Waals surface area (Å²) in [6.07, 6.45) is 1.75. The highest BCUT2D eigenvalue weighted by Crippen LogP contribution is 2.26. The molecule has 16 heavy (non-hydrogen) atoms. The second-order valence-corrected chi connectivity index (χ2v) is 3.71. The Labute approximate surface area is 95.0 Å². The molecule has 0 aliphatic heterocycles. The van der Waals surface area contributed by atoms with Crippen LogP contribution in [-0.2, 0) is 19.1 Å². The van der Waals surface area contributed by atoms with Crippen LogP contribution < -0.4 is 0 Å². The Morgan fingerprint density at radius 1 is 1.19 bits per heavy atom. The number of ether oxygens (including phenoxy) is 2. The molecule has 0 bridgehead atoms. The van der Waals surface area contributed by atoms with E-state index in [2.05, 4.69) is 9.47 Å². The van der Waals surface area contributed by atoms with Crippen molar-refractivity contribution in [2.24, 2.45) is 5.41 Å². The third kappa shape index (κ3) is 3.06. The molecule has 0 spiro atoms. The molecule has 0 aromatic carbocycles. The average Bonchev–Trinajstić information content (AvgIpc) is 2.28. The van der Waals surface area contributed by atoms with Gasteiger partial charge in [0.1, 0.15) is 0 Å². The summed E-state index contributed by atoms with van der Waals surface area (Å²) in [5, 5.41) is 9.26. The number of esters is 2. The Morgan fingerprint density at radius 2 is 1.62 bits per heavy atom. The van der Waals surface area contributed by atoms with Crippen molar-refractivity contribution in [3.05, 3.63) is 11.6 Å². The second-order valence-electron chi connectivity index (χ2n) is 3.71. The minimum absolute atomic E-state index is 0.0607. The first-order valence-corrected chi connectivity index (χ1v) is 4.85. The fourth-order valence-corrected chi connectivity index (χ4v) is 1.21. The van der Waals surface area contributed by atoms with Gasteiger partial charge in [-0.15, -0.1) is 0 Å². The molecule has 0 rings (SSSR count). The molecule has 1 N–H and O–H groups in total. The van der Waals surface area contributed by atoms with Crippen LogP contribution in [0.5, 0.6) is 0 Å². The standard InChI is InChI=1S/C11H18O5/c1-8(2)5-6-11(7-12,9(13)15-3)10(14)16-4/h5,12H,6-7H2,1-4H3. The van der Waals surface area contributed by atoms with Gasteiger partial charge in [0.15, 0.2) is 5.41 Å². The summed E-state index contributed by atoms with van der Waals surface area (Å²) in [7, 11) is 2.33. The van der Waals surface area contributed by atoms with Crippen molar-refractivity contribution in [2.45, 2.75) is 20.3 Å². The molecule has 0 saturated carbocycles. The molecule has 0 atom stereocenters. The summed E-state index contributed by atoms with van der Waals surface area (Å²) in [5.41, 5.74) is -0.716. The maximum Gasteiger partial charge on any atom is 0.325 e. The predicted molar refractivity (Wildman–Crippen MR) is 57.6 cm³/mol. The molecular formula is C11H18O5. The van der Waals surface area contributed by atoms with E-state index in [9.17, 15) is 14.7 Å². The van der Waals surface area contributed by atoms with Crippen LogP contribution in [0.3, 0.4) is 0 Å². The zero-order valence-electron chi connectivity index (χ0n) is 10.1. The van der Waals surface area contributed by atoms with Crippen molar-refractivity contribution in [1.82, 2.24) is 0 Å². The molecule has 5 nitrogen and oxygen atoms in total. The first-order chi connectivity index (χ1) is 7.44. The predicted octanol–water partition coefficient (Wildman–Crippen LogP) is 0.667. The molecule has 0 aromatic heterocycles.